The van der Waals surface area contributed by atoms with Crippen LogP contribution in [-0.2, 0) is 32.6 Å². The van der Waals surface area contributed by atoms with Crippen molar-refractivity contribution in [1.82, 2.24) is 10.2 Å². The molecule has 1 atom stereocenters. The lowest BCUT2D eigenvalue weighted by atomic mass is 9.94. The highest BCUT2D eigenvalue weighted by atomic mass is 35.5. The van der Waals surface area contributed by atoms with Crippen molar-refractivity contribution in [2.75, 3.05) is 25.1 Å². The lowest BCUT2D eigenvalue weighted by Gasteiger charge is -2.35. The molecule has 0 radical (unpaired) electrons. The second kappa shape index (κ2) is 16.7. The van der Waals surface area contributed by atoms with Crippen LogP contribution in [0.5, 0.6) is 11.5 Å². The topological polar surface area (TPSA) is 105 Å². The molecule has 11 heteroatoms. The molecule has 0 aromatic heterocycles. The molecular formula is C38H42ClN3O6S. The van der Waals surface area contributed by atoms with Crippen molar-refractivity contribution < 1.29 is 27.5 Å². The molecular weight excluding hydrogens is 662 g/mol. The molecule has 0 spiro atoms. The average Bonchev–Trinajstić information content (AvgIpc) is 3.13. The van der Waals surface area contributed by atoms with Gasteiger partial charge in [-0.15, -0.1) is 0 Å². The molecule has 9 nitrogen and oxygen atoms in total. The van der Waals surface area contributed by atoms with Gasteiger partial charge in [0.15, 0.2) is 11.5 Å². The maximum atomic E-state index is 14.7. The number of methoxy groups -OCH3 is 2. The van der Waals surface area contributed by atoms with Gasteiger partial charge in [-0.3, -0.25) is 13.9 Å². The van der Waals surface area contributed by atoms with Gasteiger partial charge in [-0.05, 0) is 60.4 Å². The van der Waals surface area contributed by atoms with E-state index in [-0.39, 0.29) is 35.5 Å². The van der Waals surface area contributed by atoms with Gasteiger partial charge in [-0.25, -0.2) is 8.42 Å². The summed E-state index contributed by atoms with van der Waals surface area (Å²) >= 11 is 6.19. The molecule has 1 saturated carbocycles. The largest absolute Gasteiger partial charge is 0.493 e. The highest BCUT2D eigenvalue weighted by molar-refractivity contribution is 7.92. The Morgan fingerprint density at radius 3 is 2.08 bits per heavy atom. The number of nitrogens with zero attached hydrogens (tertiary/aromatic N) is 2. The molecule has 0 unspecified atom stereocenters. The predicted octanol–water partition coefficient (Wildman–Crippen LogP) is 6.64. The van der Waals surface area contributed by atoms with E-state index in [1.165, 1.54) is 37.3 Å². The first-order valence-electron chi connectivity index (χ1n) is 16.4. The number of nitrogens with one attached hydrogen (secondary N) is 1. The van der Waals surface area contributed by atoms with Gasteiger partial charge in [0.25, 0.3) is 10.0 Å². The normalized spacial score (nSPS) is 14.0. The molecule has 49 heavy (non-hydrogen) atoms. The van der Waals surface area contributed by atoms with Crippen molar-refractivity contribution in [1.29, 1.82) is 0 Å². The van der Waals surface area contributed by atoms with E-state index in [0.29, 0.717) is 16.5 Å². The summed E-state index contributed by atoms with van der Waals surface area (Å²) in [6.45, 7) is -0.529. The van der Waals surface area contributed by atoms with Gasteiger partial charge in [-0.2, -0.15) is 0 Å². The van der Waals surface area contributed by atoms with Gasteiger partial charge in [0.1, 0.15) is 12.6 Å². The van der Waals surface area contributed by atoms with Crippen LogP contribution < -0.4 is 19.1 Å². The number of ether oxygens (including phenoxy) is 2. The monoisotopic (exact) mass is 703 g/mol. The van der Waals surface area contributed by atoms with Crippen LogP contribution in [-0.4, -0.2) is 58.0 Å². The number of carbonyl (C=O) groups is 2. The van der Waals surface area contributed by atoms with E-state index in [1.807, 2.05) is 30.3 Å². The maximum absolute atomic E-state index is 14.7. The first-order chi connectivity index (χ1) is 23.7. The SMILES string of the molecule is COc1ccc(N(CC(=O)N(Cc2ccc(Cl)cc2)[C@@H](Cc2ccccc2)C(=O)NC2CCCCC2)S(=O)(=O)c2ccccc2)cc1OC. The standard InChI is InChI=1S/C38H42ClN3O6S/c1-47-35-23-22-32(25-36(35)48-2)42(49(45,46)33-16-10-5-11-17-33)27-37(43)41(26-29-18-20-30(39)21-19-29)34(24-28-12-6-3-7-13-28)38(44)40-31-14-8-4-9-15-31/h3,5-7,10-13,16-23,25,31,34H,4,8-9,14-15,24,26-27H2,1-2H3,(H,40,44)/t34-/m0/s1. The third-order valence-electron chi connectivity index (χ3n) is 8.75. The number of amides is 2. The van der Waals surface area contributed by atoms with Crippen molar-refractivity contribution in [3.8, 4) is 11.5 Å². The van der Waals surface area contributed by atoms with Crippen LogP contribution in [0.15, 0.2) is 108 Å². The van der Waals surface area contributed by atoms with Gasteiger partial charge in [-0.1, -0.05) is 91.5 Å². The molecule has 4 aromatic rings. The second-order valence-electron chi connectivity index (χ2n) is 12.1. The van der Waals surface area contributed by atoms with Gasteiger partial charge in [0.2, 0.25) is 11.8 Å². The minimum atomic E-state index is -4.26. The molecule has 2 amide bonds. The van der Waals surface area contributed by atoms with Gasteiger partial charge in [0.05, 0.1) is 24.8 Å². The number of rotatable bonds is 14. The molecule has 0 bridgehead atoms. The van der Waals surface area contributed by atoms with Crippen LogP contribution in [0.2, 0.25) is 5.02 Å². The number of halogens is 1. The molecule has 0 heterocycles. The first kappa shape index (κ1) is 35.8. The van der Waals surface area contributed by atoms with E-state index in [4.69, 9.17) is 21.1 Å². The van der Waals surface area contributed by atoms with E-state index >= 15 is 0 Å². The molecule has 258 valence electrons. The Labute approximate surface area is 293 Å². The highest BCUT2D eigenvalue weighted by Gasteiger charge is 2.35. The summed E-state index contributed by atoms with van der Waals surface area (Å²) in [6.07, 6.45) is 5.16. The fourth-order valence-corrected chi connectivity index (χ4v) is 7.67. The van der Waals surface area contributed by atoms with Crippen molar-refractivity contribution in [3.05, 3.63) is 119 Å². The van der Waals surface area contributed by atoms with Crippen LogP contribution in [0, 0.1) is 0 Å². The third kappa shape index (κ3) is 9.13. The summed E-state index contributed by atoms with van der Waals surface area (Å²) in [5, 5.41) is 3.76. The van der Waals surface area contributed by atoms with Gasteiger partial charge in [0, 0.05) is 30.1 Å². The molecule has 5 rings (SSSR count). The average molecular weight is 704 g/mol. The number of anilines is 1. The molecule has 1 aliphatic rings. The summed E-state index contributed by atoms with van der Waals surface area (Å²) < 4.78 is 40.5. The fraction of sp³-hybridized carbons (Fsp3) is 0.316. The summed E-state index contributed by atoms with van der Waals surface area (Å²) in [7, 11) is -1.32. The Morgan fingerprint density at radius 2 is 1.45 bits per heavy atom. The first-order valence-corrected chi connectivity index (χ1v) is 18.2. The molecule has 1 N–H and O–H groups in total. The van der Waals surface area contributed by atoms with Gasteiger partial charge >= 0.3 is 0 Å². The fourth-order valence-electron chi connectivity index (χ4n) is 6.11. The lowest BCUT2D eigenvalue weighted by Crippen LogP contribution is -2.55. The maximum Gasteiger partial charge on any atom is 0.264 e. The summed E-state index contributed by atoms with van der Waals surface area (Å²) in [4.78, 5) is 30.5. The van der Waals surface area contributed by atoms with Crippen LogP contribution >= 0.6 is 11.6 Å². The molecule has 1 aliphatic carbocycles. The van der Waals surface area contributed by atoms with Crippen LogP contribution in [0.4, 0.5) is 5.69 Å². The van der Waals surface area contributed by atoms with E-state index < -0.39 is 28.5 Å². The highest BCUT2D eigenvalue weighted by Crippen LogP contribution is 2.34. The van der Waals surface area contributed by atoms with E-state index in [9.17, 15) is 18.0 Å². The van der Waals surface area contributed by atoms with Crippen molar-refractivity contribution >= 4 is 39.1 Å². The zero-order valence-electron chi connectivity index (χ0n) is 27.8. The Hall–Kier alpha value is -4.54. The van der Waals surface area contributed by atoms with Crippen molar-refractivity contribution in [2.45, 2.75) is 62.0 Å². The van der Waals surface area contributed by atoms with Crippen LogP contribution in [0.3, 0.4) is 0 Å². The predicted molar refractivity (Wildman–Crippen MR) is 191 cm³/mol. The van der Waals surface area contributed by atoms with Crippen molar-refractivity contribution in [3.63, 3.8) is 0 Å². The van der Waals surface area contributed by atoms with Crippen LogP contribution in [0.25, 0.3) is 0 Å². The summed E-state index contributed by atoms with van der Waals surface area (Å²) in [5.41, 5.74) is 1.81. The summed E-state index contributed by atoms with van der Waals surface area (Å²) in [6, 6.07) is 28.3. The number of hydrogen-bond acceptors (Lipinski definition) is 6. The summed E-state index contributed by atoms with van der Waals surface area (Å²) in [5.74, 6) is -0.125. The quantitative estimate of drug-likeness (QED) is 0.158. The number of sulfonamides is 1. The molecule has 4 aromatic carbocycles. The lowest BCUT2D eigenvalue weighted by molar-refractivity contribution is -0.140. The Morgan fingerprint density at radius 1 is 0.816 bits per heavy atom. The minimum Gasteiger partial charge on any atom is -0.493 e. The Balaban J connectivity index is 1.58. The Kier molecular flexibility index (Phi) is 12.2. The van der Waals surface area contributed by atoms with E-state index in [2.05, 4.69) is 5.32 Å². The van der Waals surface area contributed by atoms with Crippen molar-refractivity contribution in [2.24, 2.45) is 0 Å². The number of benzene rings is 4. The second-order valence-corrected chi connectivity index (χ2v) is 14.4. The number of hydrogen-bond donors (Lipinski definition) is 1. The van der Waals surface area contributed by atoms with E-state index in [1.54, 1.807) is 54.6 Å². The molecule has 1 fully saturated rings. The Bertz CT molecular complexity index is 1800. The smallest absolute Gasteiger partial charge is 0.264 e. The van der Waals surface area contributed by atoms with Crippen LogP contribution in [0.1, 0.15) is 43.2 Å². The third-order valence-corrected chi connectivity index (χ3v) is 10.8. The van der Waals surface area contributed by atoms with E-state index in [0.717, 1.165) is 47.5 Å². The number of carbonyl (C=O) groups excluding carboxylic acids is 2. The van der Waals surface area contributed by atoms with Gasteiger partial charge < -0.3 is 19.7 Å². The molecule has 0 aliphatic heterocycles. The molecule has 0 saturated heterocycles. The zero-order valence-corrected chi connectivity index (χ0v) is 29.3. The minimum absolute atomic E-state index is 0.00808. The zero-order chi connectivity index (χ0) is 34.8.